The summed E-state index contributed by atoms with van der Waals surface area (Å²) in [7, 11) is 1.33. The van der Waals surface area contributed by atoms with Crippen LogP contribution in [0.15, 0.2) is 40.8 Å². The zero-order valence-electron chi connectivity index (χ0n) is 11.9. The van der Waals surface area contributed by atoms with Crippen molar-refractivity contribution in [2.24, 2.45) is 0 Å². The maximum Gasteiger partial charge on any atom is 0.387 e. The maximum absolute atomic E-state index is 12.4. The van der Waals surface area contributed by atoms with E-state index in [4.69, 9.17) is 9.15 Å². The smallest absolute Gasteiger partial charge is 0.387 e. The molecular formula is C15H12F2INO4. The van der Waals surface area contributed by atoms with Crippen LogP contribution in [0.4, 0.5) is 14.5 Å². The van der Waals surface area contributed by atoms with E-state index in [2.05, 4.69) is 10.1 Å². The summed E-state index contributed by atoms with van der Waals surface area (Å²) in [6.45, 7) is -2.99. The lowest BCUT2D eigenvalue weighted by Crippen LogP contribution is -2.09. The molecule has 0 saturated carbocycles. The number of methoxy groups -OCH3 is 1. The third-order valence-corrected chi connectivity index (χ3v) is 3.22. The van der Waals surface area contributed by atoms with E-state index in [9.17, 15) is 13.6 Å². The summed E-state index contributed by atoms with van der Waals surface area (Å²) < 4.78 is 39.9. The molecule has 1 aromatic carbocycles. The molecule has 0 radical (unpaired) electrons. The summed E-state index contributed by atoms with van der Waals surface area (Å²) in [6, 6.07) is 7.67. The number of anilines is 1. The summed E-state index contributed by atoms with van der Waals surface area (Å²) in [5.74, 6) is 0.0689. The standard InChI is InChI=1S/C15H12F2INO4/c1-21-11-5-2-9(8-12(11)23-15(16)17)19-14(20)7-4-10-3-6-13(18)22-10/h2-8,15H,1H3,(H,19,20)/b7-4+. The fourth-order valence-electron chi connectivity index (χ4n) is 1.70. The van der Waals surface area contributed by atoms with Crippen molar-refractivity contribution in [2.45, 2.75) is 6.61 Å². The van der Waals surface area contributed by atoms with E-state index in [1.165, 1.54) is 37.5 Å². The zero-order chi connectivity index (χ0) is 16.8. The van der Waals surface area contributed by atoms with Crippen molar-refractivity contribution in [3.8, 4) is 11.5 Å². The maximum atomic E-state index is 12.4. The van der Waals surface area contributed by atoms with Gasteiger partial charge in [-0.1, -0.05) is 0 Å². The van der Waals surface area contributed by atoms with Gasteiger partial charge in [0.25, 0.3) is 0 Å². The second-order valence-electron chi connectivity index (χ2n) is 4.21. The van der Waals surface area contributed by atoms with Crippen molar-refractivity contribution in [1.82, 2.24) is 0 Å². The normalized spacial score (nSPS) is 11.0. The van der Waals surface area contributed by atoms with Crippen molar-refractivity contribution in [1.29, 1.82) is 0 Å². The monoisotopic (exact) mass is 435 g/mol. The molecule has 1 amide bonds. The van der Waals surface area contributed by atoms with Gasteiger partial charge in [0.15, 0.2) is 15.3 Å². The van der Waals surface area contributed by atoms with Crippen molar-refractivity contribution in [3.63, 3.8) is 0 Å². The van der Waals surface area contributed by atoms with Gasteiger partial charge in [-0.15, -0.1) is 0 Å². The average Bonchev–Trinajstić information content (AvgIpc) is 2.90. The Morgan fingerprint density at radius 2 is 2.09 bits per heavy atom. The predicted molar refractivity (Wildman–Crippen MR) is 88.7 cm³/mol. The van der Waals surface area contributed by atoms with E-state index in [1.54, 1.807) is 12.1 Å². The fraction of sp³-hybridized carbons (Fsp3) is 0.133. The van der Waals surface area contributed by atoms with Crippen molar-refractivity contribution in [3.05, 3.63) is 45.9 Å². The Kier molecular flexibility index (Phi) is 5.97. The Hall–Kier alpha value is -2.10. The minimum atomic E-state index is -2.99. The summed E-state index contributed by atoms with van der Waals surface area (Å²) >= 11 is 2.01. The molecule has 1 heterocycles. The SMILES string of the molecule is COc1ccc(NC(=O)/C=C/c2ccc(I)o2)cc1OC(F)F. The van der Waals surface area contributed by atoms with Gasteiger partial charge in [0.2, 0.25) is 5.91 Å². The van der Waals surface area contributed by atoms with Crippen LogP contribution in [0.5, 0.6) is 11.5 Å². The van der Waals surface area contributed by atoms with E-state index in [0.29, 0.717) is 15.2 Å². The fourth-order valence-corrected chi connectivity index (χ4v) is 2.14. The summed E-state index contributed by atoms with van der Waals surface area (Å²) in [4.78, 5) is 11.8. The predicted octanol–water partition coefficient (Wildman–Crippen LogP) is 4.15. The van der Waals surface area contributed by atoms with E-state index in [0.717, 1.165) is 0 Å². The molecule has 1 N–H and O–H groups in total. The molecule has 0 spiro atoms. The van der Waals surface area contributed by atoms with E-state index >= 15 is 0 Å². The number of carbonyl (C=O) groups excluding carboxylic acids is 1. The highest BCUT2D eigenvalue weighted by atomic mass is 127. The van der Waals surface area contributed by atoms with Crippen LogP contribution >= 0.6 is 22.6 Å². The van der Waals surface area contributed by atoms with Gasteiger partial charge in [-0.25, -0.2) is 0 Å². The second kappa shape index (κ2) is 7.95. The molecule has 122 valence electrons. The number of furan rings is 1. The summed E-state index contributed by atoms with van der Waals surface area (Å²) in [5.41, 5.74) is 0.296. The lowest BCUT2D eigenvalue weighted by Gasteiger charge is -2.11. The van der Waals surface area contributed by atoms with Crippen molar-refractivity contribution in [2.75, 3.05) is 12.4 Å². The number of benzene rings is 1. The van der Waals surface area contributed by atoms with E-state index < -0.39 is 12.5 Å². The topological polar surface area (TPSA) is 60.7 Å². The third-order valence-electron chi connectivity index (χ3n) is 2.64. The van der Waals surface area contributed by atoms with Crippen LogP contribution in [-0.4, -0.2) is 19.6 Å². The Morgan fingerprint density at radius 1 is 1.30 bits per heavy atom. The summed E-state index contributed by atoms with van der Waals surface area (Å²) in [6.07, 6.45) is 2.77. The molecule has 0 fully saturated rings. The molecule has 0 aliphatic heterocycles. The second-order valence-corrected chi connectivity index (χ2v) is 5.27. The highest BCUT2D eigenvalue weighted by Gasteiger charge is 2.12. The van der Waals surface area contributed by atoms with Crippen molar-refractivity contribution >= 4 is 40.3 Å². The van der Waals surface area contributed by atoms with Crippen LogP contribution in [0.2, 0.25) is 0 Å². The number of carbonyl (C=O) groups is 1. The lowest BCUT2D eigenvalue weighted by atomic mass is 10.2. The van der Waals surface area contributed by atoms with Gasteiger partial charge in [0.1, 0.15) is 5.76 Å². The van der Waals surface area contributed by atoms with Gasteiger partial charge in [-0.2, -0.15) is 8.78 Å². The molecule has 0 atom stereocenters. The number of hydrogen-bond acceptors (Lipinski definition) is 4. The molecule has 0 unspecified atom stereocenters. The number of halogens is 3. The van der Waals surface area contributed by atoms with Gasteiger partial charge in [-0.05, 0) is 52.9 Å². The van der Waals surface area contributed by atoms with Crippen LogP contribution in [0.1, 0.15) is 5.76 Å². The molecule has 0 bridgehead atoms. The van der Waals surface area contributed by atoms with Gasteiger partial charge >= 0.3 is 6.61 Å². The molecular weight excluding hydrogens is 423 g/mol. The molecule has 2 rings (SSSR count). The minimum absolute atomic E-state index is 0.143. The van der Waals surface area contributed by atoms with Crippen LogP contribution in [0, 0.1) is 3.77 Å². The number of alkyl halides is 2. The van der Waals surface area contributed by atoms with Gasteiger partial charge in [0, 0.05) is 17.8 Å². The molecule has 0 aliphatic carbocycles. The summed E-state index contributed by atoms with van der Waals surface area (Å²) in [5, 5.41) is 2.53. The number of rotatable bonds is 6. The quantitative estimate of drug-likeness (QED) is 0.548. The molecule has 8 heteroatoms. The Bertz CT molecular complexity index is 715. The first-order valence-electron chi connectivity index (χ1n) is 6.35. The third kappa shape index (κ3) is 5.23. The van der Waals surface area contributed by atoms with Crippen molar-refractivity contribution < 1.29 is 27.5 Å². The first-order valence-corrected chi connectivity index (χ1v) is 7.43. The zero-order valence-corrected chi connectivity index (χ0v) is 14.0. The van der Waals surface area contributed by atoms with E-state index in [1.807, 2.05) is 22.6 Å². The van der Waals surface area contributed by atoms with Gasteiger partial charge in [-0.3, -0.25) is 4.79 Å². The first-order chi connectivity index (χ1) is 11.0. The van der Waals surface area contributed by atoms with E-state index in [-0.39, 0.29) is 11.5 Å². The molecule has 23 heavy (non-hydrogen) atoms. The number of hydrogen-bond donors (Lipinski definition) is 1. The average molecular weight is 435 g/mol. The number of ether oxygens (including phenoxy) is 2. The molecule has 0 saturated heterocycles. The highest BCUT2D eigenvalue weighted by molar-refractivity contribution is 14.1. The highest BCUT2D eigenvalue weighted by Crippen LogP contribution is 2.31. The largest absolute Gasteiger partial charge is 0.493 e. The molecule has 0 aliphatic rings. The Balaban J connectivity index is 2.06. The van der Waals surface area contributed by atoms with Crippen LogP contribution in [0.3, 0.4) is 0 Å². The first kappa shape index (κ1) is 17.3. The van der Waals surface area contributed by atoms with Crippen LogP contribution < -0.4 is 14.8 Å². The molecule has 5 nitrogen and oxygen atoms in total. The van der Waals surface area contributed by atoms with Gasteiger partial charge in [0.05, 0.1) is 7.11 Å². The number of nitrogens with one attached hydrogen (secondary N) is 1. The van der Waals surface area contributed by atoms with Crippen LogP contribution in [-0.2, 0) is 4.79 Å². The Morgan fingerprint density at radius 3 is 2.70 bits per heavy atom. The van der Waals surface area contributed by atoms with Gasteiger partial charge < -0.3 is 19.2 Å². The Labute approximate surface area is 144 Å². The minimum Gasteiger partial charge on any atom is -0.493 e. The van der Waals surface area contributed by atoms with Crippen LogP contribution in [0.25, 0.3) is 6.08 Å². The lowest BCUT2D eigenvalue weighted by molar-refractivity contribution is -0.111. The number of amides is 1. The molecule has 2 aromatic rings. The molecule has 1 aromatic heterocycles.